The zero-order valence-corrected chi connectivity index (χ0v) is 7.44. The van der Waals surface area contributed by atoms with Gasteiger partial charge in [-0.15, -0.1) is 0 Å². The molecule has 0 atom stereocenters. The molecule has 1 heterocycles. The highest BCUT2D eigenvalue weighted by atomic mass is 15.3. The lowest BCUT2D eigenvalue weighted by atomic mass is 10.2. The number of rotatable bonds is 1. The largest absolute Gasteiger partial charge is 0.397 e. The van der Waals surface area contributed by atoms with Crippen LogP contribution in [0, 0.1) is 6.92 Å². The van der Waals surface area contributed by atoms with Gasteiger partial charge in [-0.2, -0.15) is 5.10 Å². The lowest BCUT2D eigenvalue weighted by Crippen LogP contribution is -2.01. The highest BCUT2D eigenvalue weighted by Crippen LogP contribution is 2.19. The maximum atomic E-state index is 5.91. The predicted octanol–water partition coefficient (Wildman–Crippen LogP) is 1.76. The second kappa shape index (κ2) is 2.94. The summed E-state index contributed by atoms with van der Waals surface area (Å²) in [6.07, 6.45) is 3.62. The number of nitrogens with two attached hydrogens (primary N) is 1. The number of benzene rings is 1. The molecule has 2 rings (SSSR count). The van der Waals surface area contributed by atoms with Crippen molar-refractivity contribution in [1.82, 2.24) is 9.78 Å². The average molecular weight is 173 g/mol. The van der Waals surface area contributed by atoms with E-state index in [1.165, 1.54) is 0 Å². The SMILES string of the molecule is Cc1cccc(-n2cccn2)c1N. The van der Waals surface area contributed by atoms with Gasteiger partial charge in [0, 0.05) is 12.4 Å². The predicted molar refractivity (Wildman–Crippen MR) is 52.7 cm³/mol. The topological polar surface area (TPSA) is 43.8 Å². The number of nitrogen functional groups attached to an aromatic ring is 1. The Morgan fingerprint density at radius 2 is 2.15 bits per heavy atom. The van der Waals surface area contributed by atoms with Crippen molar-refractivity contribution in [3.8, 4) is 5.69 Å². The van der Waals surface area contributed by atoms with E-state index in [1.54, 1.807) is 10.9 Å². The first-order valence-electron chi connectivity index (χ1n) is 4.14. The van der Waals surface area contributed by atoms with Crippen LogP contribution in [-0.4, -0.2) is 9.78 Å². The molecule has 1 aromatic carbocycles. The number of hydrogen-bond acceptors (Lipinski definition) is 2. The molecule has 0 bridgehead atoms. The summed E-state index contributed by atoms with van der Waals surface area (Å²) >= 11 is 0. The number of aromatic nitrogens is 2. The van der Waals surface area contributed by atoms with Gasteiger partial charge in [-0.1, -0.05) is 12.1 Å². The summed E-state index contributed by atoms with van der Waals surface area (Å²) in [5.74, 6) is 0. The fourth-order valence-electron chi connectivity index (χ4n) is 1.28. The Morgan fingerprint density at radius 3 is 2.85 bits per heavy atom. The highest BCUT2D eigenvalue weighted by Gasteiger charge is 2.02. The molecule has 2 aromatic rings. The van der Waals surface area contributed by atoms with E-state index in [4.69, 9.17) is 5.73 Å². The van der Waals surface area contributed by atoms with Gasteiger partial charge in [0.05, 0.1) is 11.4 Å². The van der Waals surface area contributed by atoms with Gasteiger partial charge in [-0.05, 0) is 24.6 Å². The number of aryl methyl sites for hydroxylation is 1. The first-order valence-corrected chi connectivity index (χ1v) is 4.14. The average Bonchev–Trinajstić information content (AvgIpc) is 2.62. The van der Waals surface area contributed by atoms with E-state index in [1.807, 2.05) is 37.4 Å². The zero-order chi connectivity index (χ0) is 9.26. The number of hydrogen-bond donors (Lipinski definition) is 1. The lowest BCUT2D eigenvalue weighted by molar-refractivity contribution is 0.882. The third-order valence-electron chi connectivity index (χ3n) is 2.05. The summed E-state index contributed by atoms with van der Waals surface area (Å²) in [5.41, 5.74) is 8.71. The molecule has 0 aliphatic carbocycles. The molecule has 0 saturated carbocycles. The Morgan fingerprint density at radius 1 is 1.31 bits per heavy atom. The first kappa shape index (κ1) is 7.86. The van der Waals surface area contributed by atoms with Crippen molar-refractivity contribution >= 4 is 5.69 Å². The smallest absolute Gasteiger partial charge is 0.0877 e. The molecule has 0 radical (unpaired) electrons. The van der Waals surface area contributed by atoms with Gasteiger partial charge in [0.2, 0.25) is 0 Å². The Hall–Kier alpha value is -1.77. The van der Waals surface area contributed by atoms with Crippen LogP contribution in [0.25, 0.3) is 5.69 Å². The van der Waals surface area contributed by atoms with Crippen LogP contribution in [0.3, 0.4) is 0 Å². The molecule has 0 aliphatic rings. The Bertz CT molecular complexity index is 404. The molecule has 0 aliphatic heterocycles. The molecule has 3 nitrogen and oxygen atoms in total. The summed E-state index contributed by atoms with van der Waals surface area (Å²) < 4.78 is 1.77. The minimum Gasteiger partial charge on any atom is -0.397 e. The molecule has 0 unspecified atom stereocenters. The second-order valence-corrected chi connectivity index (χ2v) is 2.96. The van der Waals surface area contributed by atoms with Crippen molar-refractivity contribution < 1.29 is 0 Å². The molecule has 13 heavy (non-hydrogen) atoms. The number of nitrogens with zero attached hydrogens (tertiary/aromatic N) is 2. The summed E-state index contributed by atoms with van der Waals surface area (Å²) in [5, 5.41) is 4.13. The molecule has 2 N–H and O–H groups in total. The van der Waals surface area contributed by atoms with Crippen molar-refractivity contribution in [2.24, 2.45) is 0 Å². The van der Waals surface area contributed by atoms with E-state index < -0.39 is 0 Å². The maximum Gasteiger partial charge on any atom is 0.0877 e. The van der Waals surface area contributed by atoms with Crippen LogP contribution in [0.5, 0.6) is 0 Å². The Kier molecular flexibility index (Phi) is 1.77. The van der Waals surface area contributed by atoms with Gasteiger partial charge >= 0.3 is 0 Å². The van der Waals surface area contributed by atoms with Crippen molar-refractivity contribution in [3.63, 3.8) is 0 Å². The van der Waals surface area contributed by atoms with Gasteiger partial charge in [0.15, 0.2) is 0 Å². The Balaban J connectivity index is 2.59. The van der Waals surface area contributed by atoms with Crippen molar-refractivity contribution in [1.29, 1.82) is 0 Å². The van der Waals surface area contributed by atoms with Crippen LogP contribution >= 0.6 is 0 Å². The Labute approximate surface area is 76.8 Å². The van der Waals surface area contributed by atoms with Crippen molar-refractivity contribution in [2.75, 3.05) is 5.73 Å². The van der Waals surface area contributed by atoms with E-state index in [9.17, 15) is 0 Å². The summed E-state index contributed by atoms with van der Waals surface area (Å²) in [6, 6.07) is 7.79. The number of para-hydroxylation sites is 1. The van der Waals surface area contributed by atoms with Crippen molar-refractivity contribution in [3.05, 3.63) is 42.2 Å². The standard InChI is InChI=1S/C10H11N3/c1-8-4-2-5-9(10(8)11)13-7-3-6-12-13/h2-7H,11H2,1H3. The van der Waals surface area contributed by atoms with Crippen molar-refractivity contribution in [2.45, 2.75) is 6.92 Å². The van der Waals surface area contributed by atoms with Crippen LogP contribution in [0.2, 0.25) is 0 Å². The van der Waals surface area contributed by atoms with Gasteiger partial charge < -0.3 is 5.73 Å². The van der Waals surface area contributed by atoms with Gasteiger partial charge in [-0.25, -0.2) is 4.68 Å². The fourth-order valence-corrected chi connectivity index (χ4v) is 1.28. The van der Waals surface area contributed by atoms with Crippen LogP contribution in [0.4, 0.5) is 5.69 Å². The number of anilines is 1. The molecule has 66 valence electrons. The molecule has 3 heteroatoms. The van der Waals surface area contributed by atoms with Crippen LogP contribution in [-0.2, 0) is 0 Å². The molecular formula is C10H11N3. The molecule has 0 saturated heterocycles. The van der Waals surface area contributed by atoms with E-state index >= 15 is 0 Å². The molecule has 0 spiro atoms. The van der Waals surface area contributed by atoms with E-state index in [-0.39, 0.29) is 0 Å². The maximum absolute atomic E-state index is 5.91. The van der Waals surface area contributed by atoms with E-state index in [0.29, 0.717) is 0 Å². The third kappa shape index (κ3) is 1.28. The first-order chi connectivity index (χ1) is 6.29. The monoisotopic (exact) mass is 173 g/mol. The summed E-state index contributed by atoms with van der Waals surface area (Å²) in [7, 11) is 0. The molecule has 1 aromatic heterocycles. The van der Waals surface area contributed by atoms with Crippen LogP contribution < -0.4 is 5.73 Å². The van der Waals surface area contributed by atoms with Crippen LogP contribution in [0.15, 0.2) is 36.7 Å². The molecule has 0 amide bonds. The minimum absolute atomic E-state index is 0.784. The van der Waals surface area contributed by atoms with E-state index in [0.717, 1.165) is 16.9 Å². The van der Waals surface area contributed by atoms with E-state index in [2.05, 4.69) is 5.10 Å². The lowest BCUT2D eigenvalue weighted by Gasteiger charge is -2.07. The fraction of sp³-hybridized carbons (Fsp3) is 0.100. The zero-order valence-electron chi connectivity index (χ0n) is 7.44. The van der Waals surface area contributed by atoms with Gasteiger partial charge in [0.25, 0.3) is 0 Å². The van der Waals surface area contributed by atoms with Gasteiger partial charge in [0.1, 0.15) is 0 Å². The third-order valence-corrected chi connectivity index (χ3v) is 2.05. The normalized spacial score (nSPS) is 10.2. The summed E-state index contributed by atoms with van der Waals surface area (Å²) in [4.78, 5) is 0. The van der Waals surface area contributed by atoms with Gasteiger partial charge in [-0.3, -0.25) is 0 Å². The molecule has 0 fully saturated rings. The second-order valence-electron chi connectivity index (χ2n) is 2.96. The minimum atomic E-state index is 0.784. The quantitative estimate of drug-likeness (QED) is 0.668. The highest BCUT2D eigenvalue weighted by molar-refractivity contribution is 5.61. The molecular weight excluding hydrogens is 162 g/mol. The van der Waals surface area contributed by atoms with Crippen LogP contribution in [0.1, 0.15) is 5.56 Å². The summed E-state index contributed by atoms with van der Waals surface area (Å²) in [6.45, 7) is 1.99.